The number of hydrogen-bond acceptors (Lipinski definition) is 4. The summed E-state index contributed by atoms with van der Waals surface area (Å²) in [6, 6.07) is 9.94. The summed E-state index contributed by atoms with van der Waals surface area (Å²) in [5.74, 6) is -0.0671. The minimum absolute atomic E-state index is 0.0851. The van der Waals surface area contributed by atoms with Gasteiger partial charge >= 0.3 is 6.18 Å². The highest BCUT2D eigenvalue weighted by Gasteiger charge is 2.32. The van der Waals surface area contributed by atoms with E-state index in [1.807, 2.05) is 0 Å². The molecule has 1 amide bonds. The number of nitrogens with one attached hydrogen (secondary N) is 1. The number of piperidine rings is 1. The summed E-state index contributed by atoms with van der Waals surface area (Å²) < 4.78 is 70.4. The molecule has 2 aromatic rings. The highest BCUT2D eigenvalue weighted by atomic mass is 32.2. The predicted molar refractivity (Wildman–Crippen MR) is 104 cm³/mol. The van der Waals surface area contributed by atoms with Gasteiger partial charge in [-0.1, -0.05) is 6.07 Å². The smallest absolute Gasteiger partial charge is 0.416 e. The molecular formula is C20H21F3N2O4S. The molecule has 0 spiro atoms. The van der Waals surface area contributed by atoms with E-state index in [0.717, 1.165) is 12.1 Å². The molecular weight excluding hydrogens is 421 g/mol. The molecule has 0 radical (unpaired) electrons. The van der Waals surface area contributed by atoms with Crippen LogP contribution in [0.5, 0.6) is 5.75 Å². The second-order valence-corrected chi connectivity index (χ2v) is 8.84. The lowest BCUT2D eigenvalue weighted by Gasteiger charge is -2.31. The monoisotopic (exact) mass is 442 g/mol. The quantitative estimate of drug-likeness (QED) is 0.771. The first-order valence-electron chi connectivity index (χ1n) is 9.23. The fourth-order valence-corrected chi connectivity index (χ4v) is 4.71. The topological polar surface area (TPSA) is 75.7 Å². The summed E-state index contributed by atoms with van der Waals surface area (Å²) in [4.78, 5) is 12.5. The van der Waals surface area contributed by atoms with E-state index < -0.39 is 27.7 Å². The maximum atomic E-state index is 12.8. The number of carbonyl (C=O) groups is 1. The minimum atomic E-state index is -4.53. The average molecular weight is 442 g/mol. The van der Waals surface area contributed by atoms with Crippen molar-refractivity contribution >= 4 is 15.9 Å². The van der Waals surface area contributed by atoms with Gasteiger partial charge in [0.2, 0.25) is 10.0 Å². The Morgan fingerprint density at radius 1 is 1.10 bits per heavy atom. The first-order valence-corrected chi connectivity index (χ1v) is 10.7. The molecule has 2 aromatic carbocycles. The van der Waals surface area contributed by atoms with Crippen molar-refractivity contribution < 1.29 is 31.1 Å². The summed E-state index contributed by atoms with van der Waals surface area (Å²) in [6.07, 6.45) is -3.81. The summed E-state index contributed by atoms with van der Waals surface area (Å²) in [6.45, 7) is 0.393. The number of hydrogen-bond donors (Lipinski definition) is 1. The van der Waals surface area contributed by atoms with Gasteiger partial charge in [0.15, 0.2) is 0 Å². The van der Waals surface area contributed by atoms with Crippen LogP contribution < -0.4 is 10.1 Å². The molecule has 1 aliphatic rings. The van der Waals surface area contributed by atoms with E-state index in [9.17, 15) is 26.4 Å². The second kappa shape index (κ2) is 8.65. The summed E-state index contributed by atoms with van der Waals surface area (Å²) in [5, 5.41) is 2.70. The third kappa shape index (κ3) is 4.93. The third-order valence-corrected chi connectivity index (χ3v) is 6.85. The Morgan fingerprint density at radius 3 is 2.30 bits per heavy atom. The van der Waals surface area contributed by atoms with Crippen LogP contribution in [0.2, 0.25) is 0 Å². The fourth-order valence-electron chi connectivity index (χ4n) is 3.24. The van der Waals surface area contributed by atoms with E-state index in [1.165, 1.54) is 35.7 Å². The Kier molecular flexibility index (Phi) is 6.37. The molecule has 10 heteroatoms. The number of amides is 1. The number of halogens is 3. The molecule has 1 saturated heterocycles. The van der Waals surface area contributed by atoms with Crippen LogP contribution in [0.15, 0.2) is 53.4 Å². The van der Waals surface area contributed by atoms with Crippen LogP contribution in [0.3, 0.4) is 0 Å². The molecule has 0 saturated carbocycles. The standard InChI is InChI=1S/C20H21F3N2O4S/c1-29-17-5-7-18(8-6-17)30(27,28)25-11-9-16(10-12-25)24-19(26)14-3-2-4-15(13-14)20(21,22)23/h2-8,13,16H,9-12H2,1H3,(H,24,26). The third-order valence-electron chi connectivity index (χ3n) is 4.94. The zero-order valence-electron chi connectivity index (χ0n) is 16.1. The zero-order valence-corrected chi connectivity index (χ0v) is 17.0. The van der Waals surface area contributed by atoms with Crippen molar-refractivity contribution in [1.82, 2.24) is 9.62 Å². The molecule has 1 aliphatic heterocycles. The van der Waals surface area contributed by atoms with Gasteiger partial charge < -0.3 is 10.1 Å². The number of rotatable bonds is 5. The summed E-state index contributed by atoms with van der Waals surface area (Å²) in [5.41, 5.74) is -0.978. The molecule has 1 N–H and O–H groups in total. The number of nitrogens with zero attached hydrogens (tertiary/aromatic N) is 1. The first kappa shape index (κ1) is 22.1. The van der Waals surface area contributed by atoms with Gasteiger partial charge in [0.25, 0.3) is 5.91 Å². The van der Waals surface area contributed by atoms with Crippen LogP contribution in [0.25, 0.3) is 0 Å². The van der Waals surface area contributed by atoms with Gasteiger partial charge in [-0.15, -0.1) is 0 Å². The van der Waals surface area contributed by atoms with Gasteiger partial charge in [0, 0.05) is 24.7 Å². The molecule has 0 aliphatic carbocycles. The maximum Gasteiger partial charge on any atom is 0.416 e. The number of alkyl halides is 3. The normalized spacial score (nSPS) is 16.3. The van der Waals surface area contributed by atoms with Gasteiger partial charge in [-0.3, -0.25) is 4.79 Å². The molecule has 0 aromatic heterocycles. The molecule has 3 rings (SSSR count). The SMILES string of the molecule is COc1ccc(S(=O)(=O)N2CCC(NC(=O)c3cccc(C(F)(F)F)c3)CC2)cc1. The minimum Gasteiger partial charge on any atom is -0.497 e. The number of ether oxygens (including phenoxy) is 1. The maximum absolute atomic E-state index is 12.8. The molecule has 0 atom stereocenters. The van der Waals surface area contributed by atoms with E-state index in [0.29, 0.717) is 18.6 Å². The lowest BCUT2D eigenvalue weighted by molar-refractivity contribution is -0.137. The lowest BCUT2D eigenvalue weighted by Crippen LogP contribution is -2.46. The van der Waals surface area contributed by atoms with Crippen LogP contribution >= 0.6 is 0 Å². The van der Waals surface area contributed by atoms with Crippen LogP contribution in [-0.2, 0) is 16.2 Å². The van der Waals surface area contributed by atoms with Crippen LogP contribution in [0.4, 0.5) is 13.2 Å². The van der Waals surface area contributed by atoms with Crippen molar-refractivity contribution in [3.8, 4) is 5.75 Å². The van der Waals surface area contributed by atoms with Crippen LogP contribution in [0.1, 0.15) is 28.8 Å². The number of methoxy groups -OCH3 is 1. The number of sulfonamides is 1. The van der Waals surface area contributed by atoms with Gasteiger partial charge in [0.05, 0.1) is 17.6 Å². The van der Waals surface area contributed by atoms with Crippen molar-refractivity contribution in [2.75, 3.05) is 20.2 Å². The Bertz CT molecular complexity index is 999. The van der Waals surface area contributed by atoms with Gasteiger partial charge in [0.1, 0.15) is 5.75 Å². The molecule has 1 heterocycles. The Hall–Kier alpha value is -2.59. The second-order valence-electron chi connectivity index (χ2n) is 6.91. The number of benzene rings is 2. The Morgan fingerprint density at radius 2 is 1.73 bits per heavy atom. The zero-order chi connectivity index (χ0) is 21.9. The predicted octanol–water partition coefficient (Wildman–Crippen LogP) is 3.30. The molecule has 0 unspecified atom stereocenters. The number of carbonyl (C=O) groups excluding carboxylic acids is 1. The Balaban J connectivity index is 1.61. The van der Waals surface area contributed by atoms with E-state index in [-0.39, 0.29) is 29.6 Å². The van der Waals surface area contributed by atoms with E-state index >= 15 is 0 Å². The van der Waals surface area contributed by atoms with E-state index in [2.05, 4.69) is 5.32 Å². The van der Waals surface area contributed by atoms with Crippen molar-refractivity contribution in [2.24, 2.45) is 0 Å². The van der Waals surface area contributed by atoms with Crippen molar-refractivity contribution in [2.45, 2.75) is 30.0 Å². The summed E-state index contributed by atoms with van der Waals surface area (Å²) >= 11 is 0. The summed E-state index contributed by atoms with van der Waals surface area (Å²) in [7, 11) is -2.18. The van der Waals surface area contributed by atoms with E-state index in [4.69, 9.17) is 4.74 Å². The molecule has 1 fully saturated rings. The van der Waals surface area contributed by atoms with Gasteiger partial charge in [-0.2, -0.15) is 17.5 Å². The highest BCUT2D eigenvalue weighted by molar-refractivity contribution is 7.89. The average Bonchev–Trinajstić information content (AvgIpc) is 2.73. The van der Waals surface area contributed by atoms with Crippen molar-refractivity contribution in [3.63, 3.8) is 0 Å². The van der Waals surface area contributed by atoms with Crippen LogP contribution in [-0.4, -0.2) is 44.9 Å². The fraction of sp³-hybridized carbons (Fsp3) is 0.350. The van der Waals surface area contributed by atoms with E-state index in [1.54, 1.807) is 12.1 Å². The molecule has 30 heavy (non-hydrogen) atoms. The highest BCUT2D eigenvalue weighted by Crippen LogP contribution is 2.29. The molecule has 0 bridgehead atoms. The molecule has 162 valence electrons. The first-order chi connectivity index (χ1) is 14.1. The molecule has 6 nitrogen and oxygen atoms in total. The van der Waals surface area contributed by atoms with Gasteiger partial charge in [-0.05, 0) is 55.3 Å². The van der Waals surface area contributed by atoms with Crippen molar-refractivity contribution in [1.29, 1.82) is 0 Å². The Labute approximate surface area is 172 Å². The largest absolute Gasteiger partial charge is 0.497 e. The lowest BCUT2D eigenvalue weighted by atomic mass is 10.1. The van der Waals surface area contributed by atoms with Crippen LogP contribution in [0, 0.1) is 0 Å². The van der Waals surface area contributed by atoms with Gasteiger partial charge in [-0.25, -0.2) is 8.42 Å². The van der Waals surface area contributed by atoms with Crippen molar-refractivity contribution in [3.05, 3.63) is 59.7 Å².